The third-order valence-corrected chi connectivity index (χ3v) is 52.2. The number of rotatable bonds is 4. The summed E-state index contributed by atoms with van der Waals surface area (Å²) in [4.78, 5) is 0. The zero-order chi connectivity index (χ0) is 13.4. The van der Waals surface area contributed by atoms with E-state index in [9.17, 15) is 0 Å². The first-order chi connectivity index (χ1) is 7.69. The SMILES string of the molecule is CC(C)P1(C(C)C)=N[P+](C(C)C)(C(C)C)[Se][Se]1. The second-order valence-electron chi connectivity index (χ2n) is 5.96. The van der Waals surface area contributed by atoms with Crippen molar-refractivity contribution < 1.29 is 0 Å². The van der Waals surface area contributed by atoms with E-state index in [2.05, 4.69) is 55.4 Å². The van der Waals surface area contributed by atoms with Gasteiger partial charge in [0.05, 0.1) is 0 Å². The molecular formula is C12H28NP2Se2+. The van der Waals surface area contributed by atoms with Gasteiger partial charge in [-0.2, -0.15) is 0 Å². The average molecular weight is 406 g/mol. The van der Waals surface area contributed by atoms with Gasteiger partial charge in [-0.25, -0.2) is 0 Å². The van der Waals surface area contributed by atoms with E-state index in [1.165, 1.54) is 0 Å². The van der Waals surface area contributed by atoms with Crippen molar-refractivity contribution in [3.63, 3.8) is 0 Å². The summed E-state index contributed by atoms with van der Waals surface area (Å²) in [5, 5.41) is 0. The average Bonchev–Trinajstić information content (AvgIpc) is 2.59. The molecule has 0 unspecified atom stereocenters. The van der Waals surface area contributed by atoms with Crippen molar-refractivity contribution in [2.75, 3.05) is 0 Å². The summed E-state index contributed by atoms with van der Waals surface area (Å²) in [6, 6.07) is 0. The zero-order valence-electron chi connectivity index (χ0n) is 12.5. The molecule has 0 amide bonds. The molecule has 1 aliphatic rings. The minimum atomic E-state index is -0.955. The van der Waals surface area contributed by atoms with Crippen LogP contribution in [0.4, 0.5) is 0 Å². The Labute approximate surface area is 119 Å². The van der Waals surface area contributed by atoms with Gasteiger partial charge in [0.25, 0.3) is 0 Å². The topological polar surface area (TPSA) is 12.4 Å². The molecule has 102 valence electrons. The van der Waals surface area contributed by atoms with Gasteiger partial charge in [-0.3, -0.25) is 0 Å². The van der Waals surface area contributed by atoms with Crippen LogP contribution in [0.3, 0.4) is 0 Å². The van der Waals surface area contributed by atoms with E-state index >= 15 is 0 Å². The fraction of sp³-hybridized carbons (Fsp3) is 1.00. The van der Waals surface area contributed by atoms with Crippen LogP contribution in [0.1, 0.15) is 55.4 Å². The van der Waals surface area contributed by atoms with Crippen LogP contribution in [-0.2, 0) is 0 Å². The van der Waals surface area contributed by atoms with Gasteiger partial charge in [-0.05, 0) is 0 Å². The van der Waals surface area contributed by atoms with E-state index in [1.807, 2.05) is 0 Å². The zero-order valence-corrected chi connectivity index (χ0v) is 17.7. The fourth-order valence-electron chi connectivity index (χ4n) is 2.31. The third kappa shape index (κ3) is 2.91. The van der Waals surface area contributed by atoms with Crippen molar-refractivity contribution in [1.82, 2.24) is 0 Å². The van der Waals surface area contributed by atoms with Crippen molar-refractivity contribution >= 4 is 37.2 Å². The molecule has 17 heavy (non-hydrogen) atoms. The molecule has 0 spiro atoms. The molecule has 1 aliphatic heterocycles. The molecule has 0 radical (unpaired) electrons. The van der Waals surface area contributed by atoms with Crippen LogP contribution in [0.2, 0.25) is 0 Å². The molecule has 0 aromatic rings. The second-order valence-corrected chi connectivity index (χ2v) is 32.8. The van der Waals surface area contributed by atoms with E-state index in [1.54, 1.807) is 0 Å². The summed E-state index contributed by atoms with van der Waals surface area (Å²) in [5.41, 5.74) is 3.35. The van der Waals surface area contributed by atoms with Crippen molar-refractivity contribution in [2.24, 2.45) is 4.52 Å². The van der Waals surface area contributed by atoms with Crippen LogP contribution in [0, 0.1) is 0 Å². The van der Waals surface area contributed by atoms with E-state index in [-0.39, 0.29) is 0 Å². The molecule has 1 heterocycles. The van der Waals surface area contributed by atoms with Gasteiger partial charge in [0.15, 0.2) is 0 Å². The Hall–Kier alpha value is 1.70. The molecule has 0 atom stereocenters. The van der Waals surface area contributed by atoms with Crippen molar-refractivity contribution in [3.8, 4) is 0 Å². The Balaban J connectivity index is 3.30. The standard InChI is InChI=1S/C12H28NP2Se2/c1-9(2)14(10(3)4)13-15(11(5)6,12(7)8)17-16-14/h9-12H,1-8H3/q+1. The Bertz CT molecular complexity index is 304. The van der Waals surface area contributed by atoms with E-state index in [4.69, 9.17) is 4.52 Å². The Morgan fingerprint density at radius 1 is 0.824 bits per heavy atom. The Morgan fingerprint density at radius 2 is 1.24 bits per heavy atom. The predicted molar refractivity (Wildman–Crippen MR) is 88.3 cm³/mol. The van der Waals surface area contributed by atoms with E-state index < -0.39 is 11.8 Å². The Kier molecular flexibility index (Phi) is 5.91. The monoisotopic (exact) mass is 408 g/mol. The van der Waals surface area contributed by atoms with Crippen molar-refractivity contribution in [2.45, 2.75) is 78.0 Å². The summed E-state index contributed by atoms with van der Waals surface area (Å²) in [7, 11) is 0. The van der Waals surface area contributed by atoms with Crippen molar-refractivity contribution in [3.05, 3.63) is 0 Å². The first kappa shape index (κ1) is 16.8. The molecule has 0 saturated heterocycles. The summed E-state index contributed by atoms with van der Waals surface area (Å²) < 4.78 is 5.73. The summed E-state index contributed by atoms with van der Waals surface area (Å²) in [6.07, 6.45) is -0.955. The Morgan fingerprint density at radius 3 is 1.41 bits per heavy atom. The van der Waals surface area contributed by atoms with Crippen LogP contribution >= 0.6 is 11.8 Å². The number of hydrogen-bond acceptors (Lipinski definition) is 1. The first-order valence-electron chi connectivity index (χ1n) is 6.58. The second kappa shape index (κ2) is 5.99. The van der Waals surface area contributed by atoms with Crippen LogP contribution in [0.15, 0.2) is 4.52 Å². The van der Waals surface area contributed by atoms with Crippen LogP contribution in [-0.4, -0.2) is 48.0 Å². The number of nitrogens with zero attached hydrogens (tertiary/aromatic N) is 1. The predicted octanol–water partition coefficient (Wildman–Crippen LogP) is 4.92. The van der Waals surface area contributed by atoms with Gasteiger partial charge in [0.2, 0.25) is 0 Å². The molecule has 0 aliphatic carbocycles. The maximum atomic E-state index is 5.73. The molecule has 0 saturated carbocycles. The molecule has 0 aromatic carbocycles. The van der Waals surface area contributed by atoms with Gasteiger partial charge < -0.3 is 0 Å². The first-order valence-corrected chi connectivity index (χ1v) is 19.1. The fourth-order valence-corrected chi connectivity index (χ4v) is 77.0. The normalized spacial score (nSPS) is 22.8. The van der Waals surface area contributed by atoms with Gasteiger partial charge in [-0.1, -0.05) is 0 Å². The molecule has 0 bridgehead atoms. The maximum absolute atomic E-state index is 5.73. The van der Waals surface area contributed by atoms with E-state index in [0.29, 0.717) is 0 Å². The molecule has 1 rings (SSSR count). The van der Waals surface area contributed by atoms with Crippen molar-refractivity contribution in [1.29, 1.82) is 0 Å². The summed E-state index contributed by atoms with van der Waals surface area (Å²) in [6.45, 7) is 19.5. The third-order valence-electron chi connectivity index (χ3n) is 3.51. The summed E-state index contributed by atoms with van der Waals surface area (Å²) in [5.74, 6) is -0.955. The quantitative estimate of drug-likeness (QED) is 0.464. The van der Waals surface area contributed by atoms with Gasteiger partial charge in [0.1, 0.15) is 0 Å². The van der Waals surface area contributed by atoms with Gasteiger partial charge in [0, 0.05) is 0 Å². The van der Waals surface area contributed by atoms with Crippen LogP contribution in [0.5, 0.6) is 0 Å². The summed E-state index contributed by atoms with van der Waals surface area (Å²) >= 11 is 1.76. The molecular weight excluding hydrogens is 378 g/mol. The molecule has 1 nitrogen and oxygen atoms in total. The number of hydrogen-bond donors (Lipinski definition) is 0. The van der Waals surface area contributed by atoms with Crippen LogP contribution < -0.4 is 0 Å². The van der Waals surface area contributed by atoms with Crippen LogP contribution in [0.25, 0.3) is 0 Å². The minimum absolute atomic E-state index is 0.837. The molecule has 0 fully saturated rings. The van der Waals surface area contributed by atoms with Gasteiger partial charge in [-0.15, -0.1) is 0 Å². The van der Waals surface area contributed by atoms with E-state index in [0.717, 1.165) is 48.0 Å². The van der Waals surface area contributed by atoms with Gasteiger partial charge >= 0.3 is 120 Å². The molecule has 5 heteroatoms. The molecule has 0 aromatic heterocycles. The molecule has 0 N–H and O–H groups in total.